The molecule has 0 atom stereocenters. The summed E-state index contributed by atoms with van der Waals surface area (Å²) in [5.74, 6) is -0.235. The van der Waals surface area contributed by atoms with E-state index in [-0.39, 0.29) is 10.8 Å². The van der Waals surface area contributed by atoms with Crippen molar-refractivity contribution in [2.75, 3.05) is 18.4 Å². The molecule has 2 aromatic carbocycles. The number of aryl methyl sites for hydroxylation is 2. The number of sulfonamides is 1. The number of nitrogens with zero attached hydrogens (tertiary/aromatic N) is 1. The predicted molar refractivity (Wildman–Crippen MR) is 108 cm³/mol. The summed E-state index contributed by atoms with van der Waals surface area (Å²) in [6.07, 6.45) is 2.85. The first-order valence-corrected chi connectivity index (χ1v) is 10.7. The van der Waals surface area contributed by atoms with E-state index in [1.54, 1.807) is 35.5 Å². The summed E-state index contributed by atoms with van der Waals surface area (Å²) in [5, 5.41) is 2.85. The molecule has 5 nitrogen and oxygen atoms in total. The smallest absolute Gasteiger partial charge is 0.255 e. The van der Waals surface area contributed by atoms with E-state index in [9.17, 15) is 13.2 Å². The SMILES string of the molecule is Cc1ccc(NC(=O)c2cccc(C)c2C)cc1S(=O)(=O)N1CCCCC1. The average molecular weight is 387 g/mol. The molecule has 6 heteroatoms. The maximum absolute atomic E-state index is 13.0. The summed E-state index contributed by atoms with van der Waals surface area (Å²) < 4.78 is 27.6. The van der Waals surface area contributed by atoms with E-state index in [1.165, 1.54) is 0 Å². The largest absolute Gasteiger partial charge is 0.322 e. The number of amides is 1. The fourth-order valence-corrected chi connectivity index (χ4v) is 5.16. The van der Waals surface area contributed by atoms with Crippen LogP contribution in [0.3, 0.4) is 0 Å². The van der Waals surface area contributed by atoms with Gasteiger partial charge < -0.3 is 5.32 Å². The van der Waals surface area contributed by atoms with Gasteiger partial charge in [0, 0.05) is 24.3 Å². The summed E-state index contributed by atoms with van der Waals surface area (Å²) >= 11 is 0. The lowest BCUT2D eigenvalue weighted by Crippen LogP contribution is -2.36. The monoisotopic (exact) mass is 386 g/mol. The van der Waals surface area contributed by atoms with Crippen molar-refractivity contribution in [3.05, 3.63) is 58.7 Å². The molecule has 3 rings (SSSR count). The predicted octanol–water partition coefficient (Wildman–Crippen LogP) is 4.04. The van der Waals surface area contributed by atoms with Gasteiger partial charge in [-0.2, -0.15) is 4.31 Å². The summed E-state index contributed by atoms with van der Waals surface area (Å²) in [5.41, 5.74) is 3.73. The molecular weight excluding hydrogens is 360 g/mol. The lowest BCUT2D eigenvalue weighted by molar-refractivity contribution is 0.102. The van der Waals surface area contributed by atoms with Crippen LogP contribution in [0.4, 0.5) is 5.69 Å². The summed E-state index contributed by atoms with van der Waals surface area (Å²) in [7, 11) is -3.55. The van der Waals surface area contributed by atoms with Crippen LogP contribution in [0, 0.1) is 20.8 Å². The summed E-state index contributed by atoms with van der Waals surface area (Å²) in [6.45, 7) is 6.77. The highest BCUT2D eigenvalue weighted by Gasteiger charge is 2.27. The van der Waals surface area contributed by atoms with E-state index in [2.05, 4.69) is 5.32 Å². The van der Waals surface area contributed by atoms with Gasteiger partial charge in [0.05, 0.1) is 4.90 Å². The Morgan fingerprint density at radius 1 is 0.963 bits per heavy atom. The number of nitrogens with one attached hydrogen (secondary N) is 1. The molecule has 144 valence electrons. The van der Waals surface area contributed by atoms with Gasteiger partial charge in [-0.05, 0) is 68.5 Å². The Hall–Kier alpha value is -2.18. The van der Waals surface area contributed by atoms with E-state index >= 15 is 0 Å². The van der Waals surface area contributed by atoms with Gasteiger partial charge in [0.25, 0.3) is 5.91 Å². The Morgan fingerprint density at radius 2 is 1.67 bits per heavy atom. The molecule has 0 aromatic heterocycles. The highest BCUT2D eigenvalue weighted by molar-refractivity contribution is 7.89. The number of carbonyl (C=O) groups excluding carboxylic acids is 1. The number of carbonyl (C=O) groups is 1. The van der Waals surface area contributed by atoms with Gasteiger partial charge in [0.1, 0.15) is 0 Å². The van der Waals surface area contributed by atoms with E-state index in [0.717, 1.165) is 30.4 Å². The quantitative estimate of drug-likeness (QED) is 0.862. The molecule has 27 heavy (non-hydrogen) atoms. The minimum atomic E-state index is -3.55. The number of hydrogen-bond acceptors (Lipinski definition) is 3. The van der Waals surface area contributed by atoms with Crippen molar-refractivity contribution in [2.24, 2.45) is 0 Å². The fourth-order valence-electron chi connectivity index (χ4n) is 3.40. The second kappa shape index (κ2) is 7.82. The minimum Gasteiger partial charge on any atom is -0.322 e. The van der Waals surface area contributed by atoms with E-state index in [4.69, 9.17) is 0 Å². The van der Waals surface area contributed by atoms with Crippen molar-refractivity contribution in [3.63, 3.8) is 0 Å². The molecule has 0 spiro atoms. The van der Waals surface area contributed by atoms with Crippen LogP contribution in [-0.4, -0.2) is 31.7 Å². The van der Waals surface area contributed by atoms with Crippen LogP contribution in [0.1, 0.15) is 46.3 Å². The zero-order chi connectivity index (χ0) is 19.6. The molecule has 1 amide bonds. The van der Waals surface area contributed by atoms with Crippen molar-refractivity contribution in [1.82, 2.24) is 4.31 Å². The molecule has 0 unspecified atom stereocenters. The van der Waals surface area contributed by atoms with Crippen molar-refractivity contribution in [2.45, 2.75) is 44.9 Å². The third-order valence-electron chi connectivity index (χ3n) is 5.23. The first-order valence-electron chi connectivity index (χ1n) is 9.29. The van der Waals surface area contributed by atoms with Crippen LogP contribution in [0.5, 0.6) is 0 Å². The number of rotatable bonds is 4. The third kappa shape index (κ3) is 4.06. The van der Waals surface area contributed by atoms with Crippen LogP contribution in [0.25, 0.3) is 0 Å². The molecule has 1 aliphatic rings. The molecule has 0 saturated carbocycles. The average Bonchev–Trinajstić information content (AvgIpc) is 2.66. The normalized spacial score (nSPS) is 15.5. The van der Waals surface area contributed by atoms with E-state index in [0.29, 0.717) is 29.9 Å². The van der Waals surface area contributed by atoms with E-state index in [1.807, 2.05) is 26.0 Å². The topological polar surface area (TPSA) is 66.5 Å². The van der Waals surface area contributed by atoms with Crippen LogP contribution in [0.15, 0.2) is 41.3 Å². The first-order chi connectivity index (χ1) is 12.8. The number of piperidine rings is 1. The van der Waals surface area contributed by atoms with Crippen molar-refractivity contribution >= 4 is 21.6 Å². The van der Waals surface area contributed by atoms with Gasteiger partial charge in [0.15, 0.2) is 0 Å². The molecule has 1 saturated heterocycles. The lowest BCUT2D eigenvalue weighted by Gasteiger charge is -2.26. The lowest BCUT2D eigenvalue weighted by atomic mass is 10.0. The fraction of sp³-hybridized carbons (Fsp3) is 0.381. The van der Waals surface area contributed by atoms with Gasteiger partial charge >= 0.3 is 0 Å². The summed E-state index contributed by atoms with van der Waals surface area (Å²) in [6, 6.07) is 10.6. The Morgan fingerprint density at radius 3 is 2.37 bits per heavy atom. The number of anilines is 1. The van der Waals surface area contributed by atoms with E-state index < -0.39 is 10.0 Å². The second-order valence-corrected chi connectivity index (χ2v) is 9.05. The van der Waals surface area contributed by atoms with Gasteiger partial charge in [-0.3, -0.25) is 4.79 Å². The van der Waals surface area contributed by atoms with Crippen LogP contribution in [0.2, 0.25) is 0 Å². The van der Waals surface area contributed by atoms with Crippen LogP contribution >= 0.6 is 0 Å². The van der Waals surface area contributed by atoms with Crippen LogP contribution < -0.4 is 5.32 Å². The zero-order valence-electron chi connectivity index (χ0n) is 16.1. The van der Waals surface area contributed by atoms with Crippen molar-refractivity contribution in [1.29, 1.82) is 0 Å². The first kappa shape index (κ1) is 19.6. The van der Waals surface area contributed by atoms with Crippen molar-refractivity contribution in [3.8, 4) is 0 Å². The molecule has 1 aliphatic heterocycles. The molecule has 0 radical (unpaired) electrons. The highest BCUT2D eigenvalue weighted by atomic mass is 32.2. The highest BCUT2D eigenvalue weighted by Crippen LogP contribution is 2.26. The summed E-state index contributed by atoms with van der Waals surface area (Å²) in [4.78, 5) is 12.9. The Kier molecular flexibility index (Phi) is 5.67. The molecule has 1 fully saturated rings. The third-order valence-corrected chi connectivity index (χ3v) is 7.27. The second-order valence-electron chi connectivity index (χ2n) is 7.15. The molecule has 0 aliphatic carbocycles. The maximum Gasteiger partial charge on any atom is 0.255 e. The standard InChI is InChI=1S/C21H26N2O3S/c1-15-8-7-9-19(17(15)3)21(24)22-18-11-10-16(2)20(14-18)27(25,26)23-12-5-4-6-13-23/h7-11,14H,4-6,12-13H2,1-3H3,(H,22,24). The zero-order valence-corrected chi connectivity index (χ0v) is 16.9. The molecule has 1 heterocycles. The Bertz CT molecular complexity index is 961. The molecule has 0 bridgehead atoms. The van der Waals surface area contributed by atoms with Crippen LogP contribution in [-0.2, 0) is 10.0 Å². The molecular formula is C21H26N2O3S. The van der Waals surface area contributed by atoms with Crippen molar-refractivity contribution < 1.29 is 13.2 Å². The maximum atomic E-state index is 13.0. The number of benzene rings is 2. The van der Waals surface area contributed by atoms with Gasteiger partial charge in [-0.25, -0.2) is 8.42 Å². The molecule has 1 N–H and O–H groups in total. The Balaban J connectivity index is 1.89. The molecule has 2 aromatic rings. The minimum absolute atomic E-state index is 0.235. The Labute approximate surface area is 161 Å². The van der Waals surface area contributed by atoms with Gasteiger partial charge in [-0.1, -0.05) is 24.6 Å². The van der Waals surface area contributed by atoms with Gasteiger partial charge in [0.2, 0.25) is 10.0 Å². The number of hydrogen-bond donors (Lipinski definition) is 1. The van der Waals surface area contributed by atoms with Gasteiger partial charge in [-0.15, -0.1) is 0 Å².